The van der Waals surface area contributed by atoms with Crippen molar-refractivity contribution in [2.24, 2.45) is 0 Å². The Bertz CT molecular complexity index is 108. The molecular weight excluding hydrogens is 160 g/mol. The first-order valence-electron chi connectivity index (χ1n) is 5.56. The van der Waals surface area contributed by atoms with E-state index in [0.29, 0.717) is 0 Å². The van der Waals surface area contributed by atoms with E-state index in [-0.39, 0.29) is 6.10 Å². The maximum absolute atomic E-state index is 9.01. The van der Waals surface area contributed by atoms with Crippen LogP contribution in [0.2, 0.25) is 0 Å². The predicted octanol–water partition coefficient (Wildman–Crippen LogP) is 3.67. The molecule has 0 aliphatic heterocycles. The van der Waals surface area contributed by atoms with Crippen molar-refractivity contribution in [1.82, 2.24) is 0 Å². The van der Waals surface area contributed by atoms with Gasteiger partial charge in [0.25, 0.3) is 0 Å². The summed E-state index contributed by atoms with van der Waals surface area (Å²) in [5.41, 5.74) is 0. The van der Waals surface area contributed by atoms with Crippen molar-refractivity contribution >= 4 is 0 Å². The number of aliphatic hydroxyl groups is 1. The maximum atomic E-state index is 9.01. The summed E-state index contributed by atoms with van der Waals surface area (Å²) in [4.78, 5) is 0. The highest BCUT2D eigenvalue weighted by molar-refractivity contribution is 4.65. The van der Waals surface area contributed by atoms with E-state index in [1.165, 1.54) is 38.5 Å². The lowest BCUT2D eigenvalue weighted by Crippen LogP contribution is -1.98. The van der Waals surface area contributed by atoms with Crippen LogP contribution in [0.5, 0.6) is 0 Å². The molecule has 0 aromatic rings. The van der Waals surface area contributed by atoms with Crippen LogP contribution < -0.4 is 0 Å². The zero-order chi connectivity index (χ0) is 9.94. The third kappa shape index (κ3) is 11.7. The summed E-state index contributed by atoms with van der Waals surface area (Å²) >= 11 is 0. The summed E-state index contributed by atoms with van der Waals surface area (Å²) < 4.78 is 0. The van der Waals surface area contributed by atoms with Crippen molar-refractivity contribution < 1.29 is 5.11 Å². The molecule has 0 aliphatic rings. The third-order valence-corrected chi connectivity index (χ3v) is 2.28. The van der Waals surface area contributed by atoms with E-state index in [2.05, 4.69) is 6.58 Å². The van der Waals surface area contributed by atoms with Crippen molar-refractivity contribution in [2.45, 2.75) is 64.4 Å². The standard InChI is InChI=1S/C12H24O/c1-3-4-5-6-7-8-9-10-11-12(2)13/h3,12-13H,1,4-11H2,2H3. The number of allylic oxidation sites excluding steroid dienone is 1. The minimum absolute atomic E-state index is 0.110. The molecule has 1 unspecified atom stereocenters. The number of unbranched alkanes of at least 4 members (excludes halogenated alkanes) is 6. The predicted molar refractivity (Wildman–Crippen MR) is 58.8 cm³/mol. The molecule has 0 fully saturated rings. The lowest BCUT2D eigenvalue weighted by atomic mass is 10.1. The van der Waals surface area contributed by atoms with Gasteiger partial charge in [-0.05, 0) is 26.2 Å². The van der Waals surface area contributed by atoms with E-state index in [1.54, 1.807) is 0 Å². The highest BCUT2D eigenvalue weighted by Crippen LogP contribution is 2.09. The molecule has 1 N–H and O–H groups in total. The van der Waals surface area contributed by atoms with Gasteiger partial charge in [-0.3, -0.25) is 0 Å². The van der Waals surface area contributed by atoms with Crippen molar-refractivity contribution in [3.8, 4) is 0 Å². The maximum Gasteiger partial charge on any atom is 0.0512 e. The van der Waals surface area contributed by atoms with Crippen molar-refractivity contribution in [3.05, 3.63) is 12.7 Å². The Labute approximate surface area is 82.9 Å². The summed E-state index contributed by atoms with van der Waals surface area (Å²) in [7, 11) is 0. The minimum Gasteiger partial charge on any atom is -0.393 e. The molecule has 13 heavy (non-hydrogen) atoms. The fourth-order valence-corrected chi connectivity index (χ4v) is 1.44. The van der Waals surface area contributed by atoms with Crippen LogP contribution >= 0.6 is 0 Å². The molecule has 0 bridgehead atoms. The van der Waals surface area contributed by atoms with Gasteiger partial charge in [-0.2, -0.15) is 0 Å². The zero-order valence-electron chi connectivity index (χ0n) is 8.97. The quantitative estimate of drug-likeness (QED) is 0.428. The van der Waals surface area contributed by atoms with E-state index in [9.17, 15) is 0 Å². The normalized spacial score (nSPS) is 12.8. The van der Waals surface area contributed by atoms with Gasteiger partial charge in [-0.1, -0.05) is 38.2 Å². The number of hydrogen-bond donors (Lipinski definition) is 1. The summed E-state index contributed by atoms with van der Waals surface area (Å²) in [5.74, 6) is 0. The van der Waals surface area contributed by atoms with Crippen LogP contribution in [0.1, 0.15) is 58.3 Å². The van der Waals surface area contributed by atoms with Crippen molar-refractivity contribution in [1.29, 1.82) is 0 Å². The van der Waals surface area contributed by atoms with E-state index < -0.39 is 0 Å². The van der Waals surface area contributed by atoms with Gasteiger partial charge in [0.1, 0.15) is 0 Å². The largest absolute Gasteiger partial charge is 0.393 e. The van der Waals surface area contributed by atoms with Gasteiger partial charge in [-0.25, -0.2) is 0 Å². The first kappa shape index (κ1) is 12.7. The molecule has 78 valence electrons. The van der Waals surface area contributed by atoms with Gasteiger partial charge < -0.3 is 5.11 Å². The molecule has 0 heterocycles. The van der Waals surface area contributed by atoms with Gasteiger partial charge in [0.15, 0.2) is 0 Å². The van der Waals surface area contributed by atoms with Gasteiger partial charge in [0, 0.05) is 0 Å². The second kappa shape index (κ2) is 9.79. The molecule has 0 saturated heterocycles. The van der Waals surface area contributed by atoms with Gasteiger partial charge in [0.05, 0.1) is 6.10 Å². The molecule has 0 aromatic carbocycles. The Balaban J connectivity index is 2.87. The van der Waals surface area contributed by atoms with E-state index in [4.69, 9.17) is 5.11 Å². The van der Waals surface area contributed by atoms with Crippen LogP contribution in [0.4, 0.5) is 0 Å². The highest BCUT2D eigenvalue weighted by atomic mass is 16.3. The molecule has 0 aromatic heterocycles. The molecule has 0 aliphatic carbocycles. The number of rotatable bonds is 9. The molecule has 0 rings (SSSR count). The summed E-state index contributed by atoms with van der Waals surface area (Å²) in [6.07, 6.45) is 11.8. The molecule has 1 nitrogen and oxygen atoms in total. The Hall–Kier alpha value is -0.300. The van der Waals surface area contributed by atoms with Crippen LogP contribution in [0.15, 0.2) is 12.7 Å². The van der Waals surface area contributed by atoms with Crippen molar-refractivity contribution in [3.63, 3.8) is 0 Å². The minimum atomic E-state index is -0.110. The SMILES string of the molecule is C=CCCCCCCCCC(C)O. The lowest BCUT2D eigenvalue weighted by Gasteiger charge is -2.03. The van der Waals surface area contributed by atoms with Crippen molar-refractivity contribution in [2.75, 3.05) is 0 Å². The topological polar surface area (TPSA) is 20.2 Å². The first-order valence-corrected chi connectivity index (χ1v) is 5.56. The monoisotopic (exact) mass is 184 g/mol. The Morgan fingerprint density at radius 3 is 2.15 bits per heavy atom. The van der Waals surface area contributed by atoms with E-state index in [1.807, 2.05) is 13.0 Å². The van der Waals surface area contributed by atoms with Gasteiger partial charge in [-0.15, -0.1) is 6.58 Å². The molecular formula is C12H24O. The summed E-state index contributed by atoms with van der Waals surface area (Å²) in [5, 5.41) is 9.01. The van der Waals surface area contributed by atoms with Crippen LogP contribution in [0.3, 0.4) is 0 Å². The zero-order valence-corrected chi connectivity index (χ0v) is 8.97. The summed E-state index contributed by atoms with van der Waals surface area (Å²) in [6, 6.07) is 0. The fraction of sp³-hybridized carbons (Fsp3) is 0.833. The van der Waals surface area contributed by atoms with Crippen LogP contribution in [0.25, 0.3) is 0 Å². The molecule has 0 amide bonds. The number of hydrogen-bond acceptors (Lipinski definition) is 1. The summed E-state index contributed by atoms with van der Waals surface area (Å²) in [6.45, 7) is 5.56. The smallest absolute Gasteiger partial charge is 0.0512 e. The first-order chi connectivity index (χ1) is 6.27. The van der Waals surface area contributed by atoms with Gasteiger partial charge in [0.2, 0.25) is 0 Å². The fourth-order valence-electron chi connectivity index (χ4n) is 1.44. The Morgan fingerprint density at radius 1 is 1.08 bits per heavy atom. The Morgan fingerprint density at radius 2 is 1.62 bits per heavy atom. The second-order valence-corrected chi connectivity index (χ2v) is 3.84. The molecule has 1 atom stereocenters. The third-order valence-electron chi connectivity index (χ3n) is 2.28. The molecule has 0 radical (unpaired) electrons. The average molecular weight is 184 g/mol. The van der Waals surface area contributed by atoms with Crippen LogP contribution in [-0.2, 0) is 0 Å². The van der Waals surface area contributed by atoms with Crippen LogP contribution in [0, 0.1) is 0 Å². The molecule has 0 spiro atoms. The molecule has 1 heteroatoms. The van der Waals surface area contributed by atoms with E-state index >= 15 is 0 Å². The van der Waals surface area contributed by atoms with Gasteiger partial charge >= 0.3 is 0 Å². The van der Waals surface area contributed by atoms with E-state index in [0.717, 1.165) is 12.8 Å². The van der Waals surface area contributed by atoms with Crippen LogP contribution in [-0.4, -0.2) is 11.2 Å². The highest BCUT2D eigenvalue weighted by Gasteiger charge is 1.95. The second-order valence-electron chi connectivity index (χ2n) is 3.84. The average Bonchev–Trinajstić information content (AvgIpc) is 2.09. The molecule has 0 saturated carbocycles. The lowest BCUT2D eigenvalue weighted by molar-refractivity contribution is 0.180. The Kier molecular flexibility index (Phi) is 9.56. The number of aliphatic hydroxyl groups excluding tert-OH is 1.